The first-order valence-electron chi connectivity index (χ1n) is 10.0. The summed E-state index contributed by atoms with van der Waals surface area (Å²) in [6.07, 6.45) is 0. The topological polar surface area (TPSA) is 46.9 Å². The van der Waals surface area contributed by atoms with Gasteiger partial charge in [-0.3, -0.25) is 4.79 Å². The largest absolute Gasteiger partial charge is 0.325 e. The number of anilines is 1. The average Bonchev–Trinajstić information content (AvgIpc) is 2.96. The van der Waals surface area contributed by atoms with Gasteiger partial charge in [-0.15, -0.1) is 0 Å². The number of carbonyl (C=O) groups excluding carboxylic acids is 1. The number of amides is 1. The molecule has 4 nitrogen and oxygen atoms in total. The lowest BCUT2D eigenvalue weighted by molar-refractivity contribution is -0.115. The van der Waals surface area contributed by atoms with E-state index in [0.29, 0.717) is 5.92 Å². The normalized spacial score (nSPS) is 12.2. The summed E-state index contributed by atoms with van der Waals surface area (Å²) >= 11 is 1.52. The summed E-state index contributed by atoms with van der Waals surface area (Å²) in [7, 11) is 0. The van der Waals surface area contributed by atoms with Crippen LogP contribution in [-0.4, -0.2) is 20.7 Å². The van der Waals surface area contributed by atoms with Gasteiger partial charge in [-0.2, -0.15) is 0 Å². The Labute approximate surface area is 177 Å². The monoisotopic (exact) mass is 407 g/mol. The molecular formula is C24H29N3OS. The van der Waals surface area contributed by atoms with Gasteiger partial charge < -0.3 is 9.88 Å². The maximum atomic E-state index is 13.0. The number of nitrogens with one attached hydrogen (secondary N) is 1. The summed E-state index contributed by atoms with van der Waals surface area (Å²) in [6, 6.07) is 18.0. The van der Waals surface area contributed by atoms with Crippen LogP contribution in [0.5, 0.6) is 0 Å². The Morgan fingerprint density at radius 2 is 1.69 bits per heavy atom. The zero-order valence-electron chi connectivity index (χ0n) is 17.8. The summed E-state index contributed by atoms with van der Waals surface area (Å²) in [5, 5.41) is 3.77. The highest BCUT2D eigenvalue weighted by molar-refractivity contribution is 8.00. The van der Waals surface area contributed by atoms with Crippen molar-refractivity contribution in [3.63, 3.8) is 0 Å². The van der Waals surface area contributed by atoms with Gasteiger partial charge in [0.1, 0.15) is 0 Å². The minimum absolute atomic E-state index is 0.0206. The van der Waals surface area contributed by atoms with E-state index in [1.54, 1.807) is 0 Å². The highest BCUT2D eigenvalue weighted by atomic mass is 32.2. The first-order valence-corrected chi connectivity index (χ1v) is 10.9. The number of para-hydroxylation sites is 1. The first kappa shape index (κ1) is 21.2. The summed E-state index contributed by atoms with van der Waals surface area (Å²) in [4.78, 5) is 17.7. The van der Waals surface area contributed by atoms with Crippen molar-refractivity contribution in [3.05, 3.63) is 66.0 Å². The van der Waals surface area contributed by atoms with Crippen LogP contribution in [0.4, 0.5) is 5.69 Å². The zero-order valence-corrected chi connectivity index (χ0v) is 18.6. The maximum Gasteiger partial charge on any atom is 0.237 e. The number of nitrogens with zero attached hydrogens (tertiary/aromatic N) is 2. The molecule has 1 N–H and O–H groups in total. The van der Waals surface area contributed by atoms with Gasteiger partial charge in [-0.1, -0.05) is 74.1 Å². The van der Waals surface area contributed by atoms with E-state index >= 15 is 0 Å². The lowest BCUT2D eigenvalue weighted by atomic mass is 10.0. The third-order valence-electron chi connectivity index (χ3n) is 4.89. The molecule has 5 heteroatoms. The van der Waals surface area contributed by atoms with Gasteiger partial charge in [0.25, 0.3) is 0 Å². The molecule has 0 aliphatic rings. The lowest BCUT2D eigenvalue weighted by Gasteiger charge is -2.16. The van der Waals surface area contributed by atoms with Crippen LogP contribution in [0.15, 0.2) is 59.8 Å². The Balaban J connectivity index is 1.77. The van der Waals surface area contributed by atoms with Gasteiger partial charge in [0.05, 0.1) is 10.9 Å². The molecule has 0 radical (unpaired) electrons. The molecule has 1 aromatic heterocycles. The second kappa shape index (κ2) is 9.31. The van der Waals surface area contributed by atoms with Gasteiger partial charge in [-0.05, 0) is 38.3 Å². The van der Waals surface area contributed by atoms with Crippen molar-refractivity contribution in [2.75, 3.05) is 5.32 Å². The molecule has 0 saturated heterocycles. The number of hydrogen-bond donors (Lipinski definition) is 1. The number of aromatic nitrogens is 2. The second-order valence-electron chi connectivity index (χ2n) is 7.73. The number of carbonyl (C=O) groups is 1. The van der Waals surface area contributed by atoms with Gasteiger partial charge in [0, 0.05) is 23.5 Å². The Hall–Kier alpha value is -2.53. The fourth-order valence-corrected chi connectivity index (χ4v) is 4.21. The first-order chi connectivity index (χ1) is 13.9. The predicted octanol–water partition coefficient (Wildman–Crippen LogP) is 5.94. The summed E-state index contributed by atoms with van der Waals surface area (Å²) in [6.45, 7) is 11.3. The molecule has 0 saturated carbocycles. The number of hydrogen-bond acceptors (Lipinski definition) is 3. The SMILES string of the molecule is Cc1nc(S[C@H](C)C(=O)Nc2ccccc2-c2ccccc2)n(CC(C)C)c1C. The van der Waals surface area contributed by atoms with Crippen LogP contribution in [0.25, 0.3) is 11.1 Å². The van der Waals surface area contributed by atoms with Crippen LogP contribution in [-0.2, 0) is 11.3 Å². The number of benzene rings is 2. The molecule has 1 amide bonds. The van der Waals surface area contributed by atoms with Crippen LogP contribution >= 0.6 is 11.8 Å². The van der Waals surface area contributed by atoms with Crippen LogP contribution in [0.3, 0.4) is 0 Å². The van der Waals surface area contributed by atoms with E-state index in [9.17, 15) is 4.79 Å². The van der Waals surface area contributed by atoms with E-state index in [-0.39, 0.29) is 11.2 Å². The van der Waals surface area contributed by atoms with E-state index in [1.165, 1.54) is 17.5 Å². The van der Waals surface area contributed by atoms with Crippen LogP contribution < -0.4 is 5.32 Å². The fourth-order valence-electron chi connectivity index (χ4n) is 3.20. The Morgan fingerprint density at radius 1 is 1.03 bits per heavy atom. The third kappa shape index (κ3) is 5.10. The molecule has 1 heterocycles. The molecule has 0 fully saturated rings. The molecule has 152 valence electrons. The zero-order chi connectivity index (χ0) is 21.0. The highest BCUT2D eigenvalue weighted by Crippen LogP contribution is 2.30. The minimum atomic E-state index is -0.258. The summed E-state index contributed by atoms with van der Waals surface area (Å²) < 4.78 is 2.23. The molecule has 0 spiro atoms. The smallest absolute Gasteiger partial charge is 0.237 e. The molecular weight excluding hydrogens is 378 g/mol. The van der Waals surface area contributed by atoms with E-state index in [4.69, 9.17) is 4.98 Å². The Bertz CT molecular complexity index is 979. The molecule has 0 aliphatic heterocycles. The van der Waals surface area contributed by atoms with Gasteiger partial charge in [0.15, 0.2) is 5.16 Å². The Kier molecular flexibility index (Phi) is 6.80. The van der Waals surface area contributed by atoms with Crippen molar-refractivity contribution >= 4 is 23.4 Å². The van der Waals surface area contributed by atoms with E-state index in [0.717, 1.165) is 34.2 Å². The fraction of sp³-hybridized carbons (Fsp3) is 0.333. The Morgan fingerprint density at radius 3 is 2.38 bits per heavy atom. The maximum absolute atomic E-state index is 13.0. The van der Waals surface area contributed by atoms with E-state index in [1.807, 2.05) is 56.3 Å². The molecule has 29 heavy (non-hydrogen) atoms. The number of thioether (sulfide) groups is 1. The van der Waals surface area contributed by atoms with Crippen molar-refractivity contribution in [3.8, 4) is 11.1 Å². The predicted molar refractivity (Wildman–Crippen MR) is 122 cm³/mol. The quantitative estimate of drug-likeness (QED) is 0.493. The standard InChI is InChI=1S/C24H29N3OS/c1-16(2)15-27-18(4)17(3)25-24(27)29-19(5)23(28)26-22-14-10-9-13-21(22)20-11-7-6-8-12-20/h6-14,16,19H,15H2,1-5H3,(H,26,28)/t19-/m1/s1. The van der Waals surface area contributed by atoms with Crippen LogP contribution in [0.2, 0.25) is 0 Å². The van der Waals surface area contributed by atoms with Gasteiger partial charge in [0.2, 0.25) is 5.91 Å². The lowest BCUT2D eigenvalue weighted by Crippen LogP contribution is -2.23. The summed E-state index contributed by atoms with van der Waals surface area (Å²) in [5.74, 6) is 0.497. The summed E-state index contributed by atoms with van der Waals surface area (Å²) in [5.41, 5.74) is 5.13. The molecule has 0 aliphatic carbocycles. The third-order valence-corrected chi connectivity index (χ3v) is 5.98. The second-order valence-corrected chi connectivity index (χ2v) is 9.04. The number of imidazole rings is 1. The van der Waals surface area contributed by atoms with E-state index < -0.39 is 0 Å². The molecule has 1 atom stereocenters. The highest BCUT2D eigenvalue weighted by Gasteiger charge is 2.21. The number of aryl methyl sites for hydroxylation is 1. The van der Waals surface area contributed by atoms with Gasteiger partial charge >= 0.3 is 0 Å². The molecule has 0 unspecified atom stereocenters. The molecule has 3 rings (SSSR count). The van der Waals surface area contributed by atoms with Crippen molar-refractivity contribution in [2.45, 2.75) is 51.6 Å². The van der Waals surface area contributed by atoms with E-state index in [2.05, 4.69) is 42.8 Å². The molecule has 2 aromatic carbocycles. The minimum Gasteiger partial charge on any atom is -0.325 e. The van der Waals surface area contributed by atoms with Crippen molar-refractivity contribution < 1.29 is 4.79 Å². The molecule has 0 bridgehead atoms. The van der Waals surface area contributed by atoms with Gasteiger partial charge in [-0.25, -0.2) is 4.98 Å². The van der Waals surface area contributed by atoms with Crippen molar-refractivity contribution in [2.24, 2.45) is 5.92 Å². The van der Waals surface area contributed by atoms with Crippen LogP contribution in [0, 0.1) is 19.8 Å². The average molecular weight is 408 g/mol. The number of rotatable bonds is 7. The molecule has 3 aromatic rings. The van der Waals surface area contributed by atoms with Crippen molar-refractivity contribution in [1.29, 1.82) is 0 Å². The van der Waals surface area contributed by atoms with Crippen LogP contribution in [0.1, 0.15) is 32.2 Å². The van der Waals surface area contributed by atoms with Crippen molar-refractivity contribution in [1.82, 2.24) is 9.55 Å².